The third kappa shape index (κ3) is 4.46. The molecule has 0 aliphatic heterocycles. The van der Waals surface area contributed by atoms with Gasteiger partial charge in [0.25, 0.3) is 5.91 Å². The minimum Gasteiger partial charge on any atom is -0.384 e. The molecule has 2 aromatic rings. The van der Waals surface area contributed by atoms with Gasteiger partial charge >= 0.3 is 0 Å². The van der Waals surface area contributed by atoms with Crippen LogP contribution >= 0.6 is 11.6 Å². The van der Waals surface area contributed by atoms with Crippen molar-refractivity contribution in [1.29, 1.82) is 0 Å². The van der Waals surface area contributed by atoms with Gasteiger partial charge in [-0.05, 0) is 42.7 Å². The Labute approximate surface area is 135 Å². The van der Waals surface area contributed by atoms with Crippen molar-refractivity contribution in [1.82, 2.24) is 4.98 Å². The van der Waals surface area contributed by atoms with Crippen molar-refractivity contribution in [2.24, 2.45) is 5.92 Å². The summed E-state index contributed by atoms with van der Waals surface area (Å²) in [7, 11) is 0. The van der Waals surface area contributed by atoms with Gasteiger partial charge in [-0.3, -0.25) is 4.79 Å². The Morgan fingerprint density at radius 3 is 2.55 bits per heavy atom. The van der Waals surface area contributed by atoms with Gasteiger partial charge in [0.15, 0.2) is 0 Å². The van der Waals surface area contributed by atoms with Gasteiger partial charge in [-0.25, -0.2) is 4.98 Å². The summed E-state index contributed by atoms with van der Waals surface area (Å²) in [6.07, 6.45) is 1.67. The first-order valence-corrected chi connectivity index (χ1v) is 7.61. The van der Waals surface area contributed by atoms with Crippen LogP contribution in [0.2, 0.25) is 5.02 Å². The fourth-order valence-electron chi connectivity index (χ4n) is 1.82. The highest BCUT2D eigenvalue weighted by atomic mass is 35.5. The van der Waals surface area contributed by atoms with Crippen molar-refractivity contribution in [2.45, 2.75) is 20.8 Å². The average Bonchev–Trinajstić information content (AvgIpc) is 2.49. The lowest BCUT2D eigenvalue weighted by Crippen LogP contribution is -2.14. The molecule has 1 aromatic heterocycles. The van der Waals surface area contributed by atoms with Crippen LogP contribution in [-0.2, 0) is 0 Å². The number of benzene rings is 1. The Hall–Kier alpha value is -2.07. The molecule has 0 atom stereocenters. The van der Waals surface area contributed by atoms with Crippen molar-refractivity contribution in [3.8, 4) is 0 Å². The third-order valence-electron chi connectivity index (χ3n) is 3.14. The lowest BCUT2D eigenvalue weighted by atomic mass is 10.2. The van der Waals surface area contributed by atoms with E-state index < -0.39 is 0 Å². The maximum atomic E-state index is 12.2. The Morgan fingerprint density at radius 2 is 1.95 bits per heavy atom. The van der Waals surface area contributed by atoms with E-state index in [-0.39, 0.29) is 5.91 Å². The van der Waals surface area contributed by atoms with Crippen molar-refractivity contribution < 1.29 is 4.79 Å². The number of anilines is 2. The first-order chi connectivity index (χ1) is 10.5. The zero-order valence-corrected chi connectivity index (χ0v) is 13.7. The second-order valence-corrected chi connectivity index (χ2v) is 6.03. The number of amides is 1. The predicted octanol–water partition coefficient (Wildman–Crippen LogP) is 4.36. The number of hydrogen-bond donors (Lipinski definition) is 2. The summed E-state index contributed by atoms with van der Waals surface area (Å²) < 4.78 is 0. The minimum atomic E-state index is -0.254. The summed E-state index contributed by atoms with van der Waals surface area (Å²) in [5, 5.41) is 6.68. The second kappa shape index (κ2) is 7.27. The third-order valence-corrected chi connectivity index (χ3v) is 3.55. The highest BCUT2D eigenvalue weighted by Gasteiger charge is 2.08. The van der Waals surface area contributed by atoms with Crippen LogP contribution in [0.5, 0.6) is 0 Å². The van der Waals surface area contributed by atoms with Crippen LogP contribution in [0.15, 0.2) is 36.5 Å². The summed E-state index contributed by atoms with van der Waals surface area (Å²) in [5.41, 5.74) is 2.90. The van der Waals surface area contributed by atoms with Crippen LogP contribution < -0.4 is 10.6 Å². The average molecular weight is 318 g/mol. The number of nitrogens with one attached hydrogen (secondary N) is 2. The van der Waals surface area contributed by atoms with E-state index in [0.29, 0.717) is 22.3 Å². The molecule has 1 amide bonds. The van der Waals surface area contributed by atoms with Crippen LogP contribution in [0.25, 0.3) is 0 Å². The molecule has 0 saturated carbocycles. The van der Waals surface area contributed by atoms with Crippen molar-refractivity contribution in [3.05, 3.63) is 52.8 Å². The van der Waals surface area contributed by atoms with Gasteiger partial charge in [-0.2, -0.15) is 0 Å². The number of carbonyl (C=O) groups is 1. The van der Waals surface area contributed by atoms with Gasteiger partial charge in [-0.15, -0.1) is 0 Å². The molecular weight excluding hydrogens is 298 g/mol. The van der Waals surface area contributed by atoms with E-state index in [1.807, 2.05) is 25.1 Å². The molecule has 0 saturated heterocycles. The maximum absolute atomic E-state index is 12.2. The van der Waals surface area contributed by atoms with Crippen LogP contribution in [0.4, 0.5) is 11.4 Å². The molecule has 0 aliphatic carbocycles. The molecule has 116 valence electrons. The number of halogens is 1. The SMILES string of the molecule is Cc1ccc(NC(=O)c2ccc(NCC(C)C)cn2)cc1Cl. The Bertz CT molecular complexity index is 653. The second-order valence-electron chi connectivity index (χ2n) is 5.62. The zero-order chi connectivity index (χ0) is 16.1. The fraction of sp³-hybridized carbons (Fsp3) is 0.294. The minimum absolute atomic E-state index is 0.254. The van der Waals surface area contributed by atoms with Gasteiger partial charge in [0, 0.05) is 17.3 Å². The first-order valence-electron chi connectivity index (χ1n) is 7.23. The molecule has 1 aromatic carbocycles. The maximum Gasteiger partial charge on any atom is 0.274 e. The van der Waals surface area contributed by atoms with E-state index in [4.69, 9.17) is 11.6 Å². The molecule has 2 rings (SSSR count). The van der Waals surface area contributed by atoms with Crippen LogP contribution in [0.3, 0.4) is 0 Å². The largest absolute Gasteiger partial charge is 0.384 e. The summed E-state index contributed by atoms with van der Waals surface area (Å²) in [6.45, 7) is 7.05. The highest BCUT2D eigenvalue weighted by molar-refractivity contribution is 6.31. The van der Waals surface area contributed by atoms with E-state index in [2.05, 4.69) is 29.5 Å². The highest BCUT2D eigenvalue weighted by Crippen LogP contribution is 2.20. The summed E-state index contributed by atoms with van der Waals surface area (Å²) in [6, 6.07) is 8.97. The molecule has 22 heavy (non-hydrogen) atoms. The number of nitrogens with zero attached hydrogens (tertiary/aromatic N) is 1. The number of aryl methyl sites for hydroxylation is 1. The summed E-state index contributed by atoms with van der Waals surface area (Å²) in [5.74, 6) is 0.296. The van der Waals surface area contributed by atoms with Gasteiger partial charge in [0.05, 0.1) is 11.9 Å². The monoisotopic (exact) mass is 317 g/mol. The molecule has 4 nitrogen and oxygen atoms in total. The van der Waals surface area contributed by atoms with Gasteiger partial charge < -0.3 is 10.6 Å². The van der Waals surface area contributed by atoms with Crippen LogP contribution in [0, 0.1) is 12.8 Å². The van der Waals surface area contributed by atoms with Gasteiger partial charge in [0.2, 0.25) is 0 Å². The number of hydrogen-bond acceptors (Lipinski definition) is 3. The van der Waals surface area contributed by atoms with E-state index in [1.54, 1.807) is 18.3 Å². The van der Waals surface area contributed by atoms with Gasteiger partial charge in [-0.1, -0.05) is 31.5 Å². The number of aromatic nitrogens is 1. The van der Waals surface area contributed by atoms with E-state index in [1.165, 1.54) is 0 Å². The lowest BCUT2D eigenvalue weighted by Gasteiger charge is -2.09. The van der Waals surface area contributed by atoms with Crippen molar-refractivity contribution in [2.75, 3.05) is 17.2 Å². The number of rotatable bonds is 5. The van der Waals surface area contributed by atoms with Crippen LogP contribution in [0.1, 0.15) is 29.9 Å². The molecule has 0 aliphatic rings. The smallest absolute Gasteiger partial charge is 0.274 e. The summed E-state index contributed by atoms with van der Waals surface area (Å²) >= 11 is 6.05. The molecule has 0 bridgehead atoms. The first kappa shape index (κ1) is 16.3. The standard InChI is InChI=1S/C17H20ClN3O/c1-11(2)9-19-14-6-7-16(20-10-14)17(22)21-13-5-4-12(3)15(18)8-13/h4-8,10-11,19H,9H2,1-3H3,(H,21,22). The summed E-state index contributed by atoms with van der Waals surface area (Å²) in [4.78, 5) is 16.3. The Morgan fingerprint density at radius 1 is 1.23 bits per heavy atom. The Balaban J connectivity index is 2.01. The molecule has 0 unspecified atom stereocenters. The molecule has 0 radical (unpaired) electrons. The molecule has 1 heterocycles. The normalized spacial score (nSPS) is 10.6. The number of pyridine rings is 1. The van der Waals surface area contributed by atoms with E-state index >= 15 is 0 Å². The lowest BCUT2D eigenvalue weighted by molar-refractivity contribution is 0.102. The quantitative estimate of drug-likeness (QED) is 0.861. The molecular formula is C17H20ClN3O. The van der Waals surface area contributed by atoms with Crippen molar-refractivity contribution >= 4 is 28.9 Å². The molecule has 5 heteroatoms. The molecule has 0 spiro atoms. The zero-order valence-electron chi connectivity index (χ0n) is 13.0. The Kier molecular flexibility index (Phi) is 5.39. The van der Waals surface area contributed by atoms with Crippen molar-refractivity contribution in [3.63, 3.8) is 0 Å². The van der Waals surface area contributed by atoms with E-state index in [0.717, 1.165) is 17.8 Å². The van der Waals surface area contributed by atoms with Crippen LogP contribution in [-0.4, -0.2) is 17.4 Å². The topological polar surface area (TPSA) is 54.0 Å². The number of carbonyl (C=O) groups excluding carboxylic acids is 1. The molecule has 2 N–H and O–H groups in total. The molecule has 0 fully saturated rings. The van der Waals surface area contributed by atoms with E-state index in [9.17, 15) is 4.79 Å². The van der Waals surface area contributed by atoms with Gasteiger partial charge in [0.1, 0.15) is 5.69 Å². The fourth-order valence-corrected chi connectivity index (χ4v) is 2.00. The predicted molar refractivity (Wildman–Crippen MR) is 91.7 cm³/mol.